The largest absolute Gasteiger partial charge is 0.508 e. The van der Waals surface area contributed by atoms with Crippen molar-refractivity contribution in [2.45, 2.75) is 25.3 Å². The van der Waals surface area contributed by atoms with Gasteiger partial charge >= 0.3 is 5.97 Å². The minimum atomic E-state index is -1.28. The molecule has 1 aromatic rings. The maximum atomic E-state index is 12.3. The van der Waals surface area contributed by atoms with Crippen LogP contribution in [0.3, 0.4) is 0 Å². The van der Waals surface area contributed by atoms with Crippen LogP contribution >= 0.6 is 0 Å². The van der Waals surface area contributed by atoms with Gasteiger partial charge in [0.05, 0.1) is 0 Å². The van der Waals surface area contributed by atoms with Crippen LogP contribution in [0.1, 0.15) is 28.8 Å². The summed E-state index contributed by atoms with van der Waals surface area (Å²) in [5.74, 6) is -1.43. The van der Waals surface area contributed by atoms with Gasteiger partial charge in [-0.3, -0.25) is 4.79 Å². The average molecular weight is 279 g/mol. The predicted molar refractivity (Wildman–Crippen MR) is 70.7 cm³/mol. The van der Waals surface area contributed by atoms with Crippen LogP contribution in [-0.2, 0) is 9.53 Å². The zero-order valence-corrected chi connectivity index (χ0v) is 11.2. The first-order valence-electron chi connectivity index (χ1n) is 6.38. The Hall–Kier alpha value is -2.08. The molecule has 0 aromatic heterocycles. The Morgan fingerprint density at radius 2 is 1.95 bits per heavy atom. The van der Waals surface area contributed by atoms with Crippen LogP contribution in [0, 0.1) is 6.92 Å². The van der Waals surface area contributed by atoms with Crippen LogP contribution in [0.2, 0.25) is 0 Å². The second-order valence-electron chi connectivity index (χ2n) is 4.95. The highest BCUT2D eigenvalue weighted by Gasteiger charge is 2.41. The predicted octanol–water partition coefficient (Wildman–Crippen LogP) is 1.06. The molecule has 0 saturated carbocycles. The number of carboxylic acid groups (broad SMARTS) is 1. The van der Waals surface area contributed by atoms with Gasteiger partial charge in [-0.2, -0.15) is 0 Å². The monoisotopic (exact) mass is 279 g/mol. The fourth-order valence-corrected chi connectivity index (χ4v) is 2.30. The zero-order chi connectivity index (χ0) is 14.8. The smallest absolute Gasteiger partial charge is 0.329 e. The second-order valence-corrected chi connectivity index (χ2v) is 4.95. The number of hydrogen-bond acceptors (Lipinski definition) is 4. The van der Waals surface area contributed by atoms with Crippen molar-refractivity contribution in [3.05, 3.63) is 29.3 Å². The molecule has 1 aliphatic rings. The van der Waals surface area contributed by atoms with E-state index in [0.29, 0.717) is 24.3 Å². The number of carboxylic acids is 1. The number of nitrogens with one attached hydrogen (secondary N) is 1. The lowest BCUT2D eigenvalue weighted by atomic mass is 9.89. The highest BCUT2D eigenvalue weighted by molar-refractivity contribution is 5.99. The molecular weight excluding hydrogens is 262 g/mol. The summed E-state index contributed by atoms with van der Waals surface area (Å²) >= 11 is 0. The summed E-state index contributed by atoms with van der Waals surface area (Å²) in [5, 5.41) is 21.3. The number of aliphatic carboxylic acids is 1. The van der Waals surface area contributed by atoms with Crippen LogP contribution in [0.4, 0.5) is 0 Å². The molecule has 0 bridgehead atoms. The van der Waals surface area contributed by atoms with Gasteiger partial charge in [0.1, 0.15) is 11.3 Å². The minimum absolute atomic E-state index is 0.0677. The van der Waals surface area contributed by atoms with Crippen molar-refractivity contribution in [3.63, 3.8) is 0 Å². The number of aromatic hydroxyl groups is 1. The summed E-state index contributed by atoms with van der Waals surface area (Å²) in [5.41, 5.74) is -0.329. The lowest BCUT2D eigenvalue weighted by molar-refractivity contribution is -0.148. The van der Waals surface area contributed by atoms with Gasteiger partial charge in [-0.25, -0.2) is 4.79 Å². The van der Waals surface area contributed by atoms with E-state index in [0.717, 1.165) is 0 Å². The van der Waals surface area contributed by atoms with Gasteiger partial charge < -0.3 is 20.3 Å². The van der Waals surface area contributed by atoms with E-state index in [1.807, 2.05) is 0 Å². The Morgan fingerprint density at radius 1 is 1.30 bits per heavy atom. The van der Waals surface area contributed by atoms with E-state index in [9.17, 15) is 19.8 Å². The maximum Gasteiger partial charge on any atom is 0.329 e. The molecule has 1 amide bonds. The van der Waals surface area contributed by atoms with Crippen LogP contribution in [0.15, 0.2) is 18.2 Å². The third-order valence-electron chi connectivity index (χ3n) is 3.56. The van der Waals surface area contributed by atoms with Gasteiger partial charge in [0, 0.05) is 31.6 Å². The van der Waals surface area contributed by atoms with E-state index < -0.39 is 17.4 Å². The van der Waals surface area contributed by atoms with E-state index in [1.54, 1.807) is 6.92 Å². The normalized spacial score (nSPS) is 17.4. The van der Waals surface area contributed by atoms with Crippen molar-refractivity contribution in [2.75, 3.05) is 13.2 Å². The van der Waals surface area contributed by atoms with Gasteiger partial charge in [-0.15, -0.1) is 0 Å². The molecule has 6 nitrogen and oxygen atoms in total. The Kier molecular flexibility index (Phi) is 3.94. The molecule has 0 unspecified atom stereocenters. The van der Waals surface area contributed by atoms with E-state index in [1.165, 1.54) is 18.2 Å². The number of rotatable bonds is 3. The molecule has 6 heteroatoms. The Balaban J connectivity index is 2.22. The quantitative estimate of drug-likeness (QED) is 0.769. The van der Waals surface area contributed by atoms with Crippen molar-refractivity contribution >= 4 is 11.9 Å². The summed E-state index contributed by atoms with van der Waals surface area (Å²) in [7, 11) is 0. The highest BCUT2D eigenvalue weighted by atomic mass is 16.5. The van der Waals surface area contributed by atoms with Crippen LogP contribution < -0.4 is 5.32 Å². The lowest BCUT2D eigenvalue weighted by Crippen LogP contribution is -2.57. The van der Waals surface area contributed by atoms with Crippen molar-refractivity contribution in [2.24, 2.45) is 0 Å². The minimum Gasteiger partial charge on any atom is -0.508 e. The lowest BCUT2D eigenvalue weighted by Gasteiger charge is -2.34. The number of amides is 1. The van der Waals surface area contributed by atoms with E-state index in [-0.39, 0.29) is 18.6 Å². The van der Waals surface area contributed by atoms with Gasteiger partial charge in [0.2, 0.25) is 0 Å². The Morgan fingerprint density at radius 3 is 2.50 bits per heavy atom. The fraction of sp³-hybridized carbons (Fsp3) is 0.429. The molecule has 3 N–H and O–H groups in total. The molecule has 0 atom stereocenters. The number of carbonyl (C=O) groups excluding carboxylic acids is 1. The van der Waals surface area contributed by atoms with Crippen LogP contribution in [0.5, 0.6) is 5.75 Å². The molecular formula is C14H17NO5. The molecule has 1 saturated heterocycles. The van der Waals surface area contributed by atoms with E-state index in [4.69, 9.17) is 4.74 Å². The first-order valence-corrected chi connectivity index (χ1v) is 6.38. The number of benzene rings is 1. The molecule has 0 aliphatic carbocycles. The van der Waals surface area contributed by atoms with Crippen molar-refractivity contribution in [1.82, 2.24) is 5.32 Å². The van der Waals surface area contributed by atoms with Gasteiger partial charge in [-0.05, 0) is 30.7 Å². The van der Waals surface area contributed by atoms with Gasteiger partial charge in [0.25, 0.3) is 5.91 Å². The van der Waals surface area contributed by atoms with E-state index in [2.05, 4.69) is 5.32 Å². The molecule has 0 radical (unpaired) electrons. The van der Waals surface area contributed by atoms with Gasteiger partial charge in [0.15, 0.2) is 0 Å². The zero-order valence-electron chi connectivity index (χ0n) is 11.2. The topological polar surface area (TPSA) is 95.9 Å². The maximum absolute atomic E-state index is 12.3. The van der Waals surface area contributed by atoms with Crippen molar-refractivity contribution < 1.29 is 24.5 Å². The molecule has 1 heterocycles. The number of aryl methyl sites for hydroxylation is 1. The van der Waals surface area contributed by atoms with Crippen molar-refractivity contribution in [3.8, 4) is 5.75 Å². The number of phenols is 1. The standard InChI is InChI=1S/C14H17NO5/c1-9-8-10(16)2-3-11(9)12(17)15-14(13(18)19)4-6-20-7-5-14/h2-3,8,16H,4-7H2,1H3,(H,15,17)(H,18,19). The molecule has 20 heavy (non-hydrogen) atoms. The Bertz CT molecular complexity index is 534. The molecule has 1 aromatic carbocycles. The SMILES string of the molecule is Cc1cc(O)ccc1C(=O)NC1(C(=O)O)CCOCC1. The first-order chi connectivity index (χ1) is 9.44. The number of ether oxygens (including phenoxy) is 1. The highest BCUT2D eigenvalue weighted by Crippen LogP contribution is 2.23. The van der Waals surface area contributed by atoms with Gasteiger partial charge in [-0.1, -0.05) is 0 Å². The first kappa shape index (κ1) is 14.3. The molecule has 108 valence electrons. The average Bonchev–Trinajstić information content (AvgIpc) is 2.39. The second kappa shape index (κ2) is 5.50. The number of hydrogen-bond donors (Lipinski definition) is 3. The van der Waals surface area contributed by atoms with Crippen LogP contribution in [-0.4, -0.2) is 40.8 Å². The van der Waals surface area contributed by atoms with Crippen molar-refractivity contribution in [1.29, 1.82) is 0 Å². The number of carbonyl (C=O) groups is 2. The van der Waals surface area contributed by atoms with Crippen LogP contribution in [0.25, 0.3) is 0 Å². The summed E-state index contributed by atoms with van der Waals surface area (Å²) in [6.45, 7) is 2.30. The summed E-state index contributed by atoms with van der Waals surface area (Å²) in [6.07, 6.45) is 0.483. The number of phenolic OH excluding ortho intramolecular Hbond substituents is 1. The summed E-state index contributed by atoms with van der Waals surface area (Å²) in [4.78, 5) is 23.7. The van der Waals surface area contributed by atoms with E-state index >= 15 is 0 Å². The molecule has 2 rings (SSSR count). The summed E-state index contributed by atoms with van der Waals surface area (Å²) < 4.78 is 5.15. The molecule has 1 aliphatic heterocycles. The fourth-order valence-electron chi connectivity index (χ4n) is 2.30. The summed E-state index contributed by atoms with van der Waals surface area (Å²) in [6, 6.07) is 4.35. The molecule has 1 fully saturated rings. The molecule has 0 spiro atoms. The Labute approximate surface area is 116 Å². The third kappa shape index (κ3) is 2.75. The third-order valence-corrected chi connectivity index (χ3v) is 3.56.